The van der Waals surface area contributed by atoms with Crippen LogP contribution >= 0.6 is 11.3 Å². The molecule has 2 heterocycles. The molecule has 0 aliphatic heterocycles. The quantitative estimate of drug-likeness (QED) is 0.822. The zero-order valence-electron chi connectivity index (χ0n) is 8.53. The highest BCUT2D eigenvalue weighted by molar-refractivity contribution is 7.10. The van der Waals surface area contributed by atoms with E-state index in [1.165, 1.54) is 0 Å². The second-order valence-corrected chi connectivity index (χ2v) is 4.53. The van der Waals surface area contributed by atoms with Crippen molar-refractivity contribution in [3.05, 3.63) is 22.3 Å². The zero-order valence-corrected chi connectivity index (χ0v) is 9.35. The Morgan fingerprint density at radius 2 is 2.21 bits per heavy atom. The van der Waals surface area contributed by atoms with E-state index in [0.29, 0.717) is 5.92 Å². The van der Waals surface area contributed by atoms with Gasteiger partial charge in [-0.1, -0.05) is 13.8 Å². The normalized spacial score (nSPS) is 11.1. The largest absolute Gasteiger partial charge is 0.341 e. The number of rotatable bonds is 2. The molecule has 0 saturated heterocycles. The van der Waals surface area contributed by atoms with E-state index in [9.17, 15) is 0 Å². The maximum atomic E-state index is 4.52. The first-order valence-electron chi connectivity index (χ1n) is 4.64. The summed E-state index contributed by atoms with van der Waals surface area (Å²) >= 11 is 1.69. The molecule has 4 heteroatoms. The minimum absolute atomic E-state index is 0.491. The summed E-state index contributed by atoms with van der Waals surface area (Å²) < 4.78 is 0. The molecule has 0 radical (unpaired) electrons. The van der Waals surface area contributed by atoms with Crippen molar-refractivity contribution in [3.8, 4) is 11.5 Å². The van der Waals surface area contributed by atoms with Gasteiger partial charge in [-0.15, -0.1) is 11.3 Å². The molecule has 0 aliphatic rings. The molecule has 2 aromatic heterocycles. The predicted octanol–water partition coefficient (Wildman–Crippen LogP) is 2.97. The van der Waals surface area contributed by atoms with E-state index in [-0.39, 0.29) is 0 Å². The summed E-state index contributed by atoms with van der Waals surface area (Å²) in [7, 11) is 0. The highest BCUT2D eigenvalue weighted by Gasteiger charge is 2.09. The van der Waals surface area contributed by atoms with E-state index in [2.05, 4.69) is 28.8 Å². The molecule has 0 aromatic carbocycles. The van der Waals surface area contributed by atoms with Crippen molar-refractivity contribution in [2.45, 2.75) is 26.7 Å². The van der Waals surface area contributed by atoms with Gasteiger partial charge in [0.15, 0.2) is 5.82 Å². The number of aromatic nitrogens is 3. The predicted molar refractivity (Wildman–Crippen MR) is 58.5 cm³/mol. The molecule has 0 atom stereocenters. The van der Waals surface area contributed by atoms with Crippen molar-refractivity contribution in [2.24, 2.45) is 0 Å². The molecule has 3 nitrogen and oxygen atoms in total. The minimum atomic E-state index is 0.491. The number of hydrogen-bond acceptors (Lipinski definition) is 3. The van der Waals surface area contributed by atoms with Gasteiger partial charge in [0.2, 0.25) is 0 Å². The zero-order chi connectivity index (χ0) is 10.1. The van der Waals surface area contributed by atoms with E-state index < -0.39 is 0 Å². The average Bonchev–Trinajstić information content (AvgIpc) is 2.70. The van der Waals surface area contributed by atoms with Crippen molar-refractivity contribution >= 4 is 11.3 Å². The van der Waals surface area contributed by atoms with Crippen LogP contribution in [0.3, 0.4) is 0 Å². The van der Waals surface area contributed by atoms with Crippen molar-refractivity contribution in [1.29, 1.82) is 0 Å². The van der Waals surface area contributed by atoms with Crippen LogP contribution in [0.2, 0.25) is 0 Å². The number of imidazole rings is 1. The fraction of sp³-hybridized carbons (Fsp3) is 0.400. The first kappa shape index (κ1) is 9.40. The lowest BCUT2D eigenvalue weighted by atomic mass is 10.2. The molecule has 0 aliphatic carbocycles. The second kappa shape index (κ2) is 3.53. The molecule has 74 valence electrons. The molecule has 14 heavy (non-hydrogen) atoms. The van der Waals surface area contributed by atoms with Crippen molar-refractivity contribution < 1.29 is 0 Å². The molecule has 1 N–H and O–H groups in total. The number of nitrogens with one attached hydrogen (secondary N) is 1. The summed E-state index contributed by atoms with van der Waals surface area (Å²) in [6.07, 6.45) is 1.82. The van der Waals surface area contributed by atoms with E-state index in [0.717, 1.165) is 22.2 Å². The summed E-state index contributed by atoms with van der Waals surface area (Å²) in [6.45, 7) is 6.29. The van der Waals surface area contributed by atoms with Gasteiger partial charge in [0, 0.05) is 23.2 Å². The molecule has 2 rings (SSSR count). The van der Waals surface area contributed by atoms with Gasteiger partial charge >= 0.3 is 0 Å². The van der Waals surface area contributed by atoms with Crippen LogP contribution in [-0.4, -0.2) is 15.0 Å². The molecule has 0 spiro atoms. The Bertz CT molecular complexity index is 428. The SMILES string of the molecule is Cc1cnc(-c2csc(C(C)C)n2)[nH]1. The lowest BCUT2D eigenvalue weighted by molar-refractivity contribution is 0.853. The van der Waals surface area contributed by atoms with Crippen LogP contribution in [-0.2, 0) is 0 Å². The maximum absolute atomic E-state index is 4.52. The Kier molecular flexibility index (Phi) is 2.37. The van der Waals surface area contributed by atoms with Crippen LogP contribution in [0.1, 0.15) is 30.5 Å². The summed E-state index contributed by atoms with van der Waals surface area (Å²) in [6, 6.07) is 0. The van der Waals surface area contributed by atoms with E-state index >= 15 is 0 Å². The number of nitrogens with zero attached hydrogens (tertiary/aromatic N) is 2. The van der Waals surface area contributed by atoms with Gasteiger partial charge in [-0.3, -0.25) is 0 Å². The van der Waals surface area contributed by atoms with Crippen LogP contribution in [0.5, 0.6) is 0 Å². The number of aryl methyl sites for hydroxylation is 1. The Hall–Kier alpha value is -1.16. The van der Waals surface area contributed by atoms with E-state index in [4.69, 9.17) is 0 Å². The average molecular weight is 207 g/mol. The van der Waals surface area contributed by atoms with Crippen LogP contribution in [0.4, 0.5) is 0 Å². The molecular formula is C10H13N3S. The highest BCUT2D eigenvalue weighted by Crippen LogP contribution is 2.24. The molecule has 2 aromatic rings. The van der Waals surface area contributed by atoms with Gasteiger partial charge in [-0.25, -0.2) is 9.97 Å². The van der Waals surface area contributed by atoms with Gasteiger partial charge in [-0.05, 0) is 6.92 Å². The molecule has 0 fully saturated rings. The molecule has 0 bridgehead atoms. The Morgan fingerprint density at radius 3 is 2.71 bits per heavy atom. The lowest BCUT2D eigenvalue weighted by Gasteiger charge is -1.95. The second-order valence-electron chi connectivity index (χ2n) is 3.64. The van der Waals surface area contributed by atoms with Crippen LogP contribution < -0.4 is 0 Å². The Balaban J connectivity index is 2.33. The van der Waals surface area contributed by atoms with E-state index in [1.807, 2.05) is 18.5 Å². The van der Waals surface area contributed by atoms with Crippen molar-refractivity contribution in [2.75, 3.05) is 0 Å². The van der Waals surface area contributed by atoms with Gasteiger partial charge in [0.25, 0.3) is 0 Å². The molecule has 0 unspecified atom stereocenters. The molecule has 0 saturated carbocycles. The summed E-state index contributed by atoms with van der Waals surface area (Å²) in [5.41, 5.74) is 2.02. The maximum Gasteiger partial charge on any atom is 0.157 e. The van der Waals surface area contributed by atoms with Gasteiger partial charge < -0.3 is 4.98 Å². The summed E-state index contributed by atoms with van der Waals surface area (Å²) in [5, 5.41) is 3.21. The lowest BCUT2D eigenvalue weighted by Crippen LogP contribution is -1.86. The number of H-pyrrole nitrogens is 1. The molecule has 0 amide bonds. The number of hydrogen-bond donors (Lipinski definition) is 1. The fourth-order valence-corrected chi connectivity index (χ4v) is 2.02. The van der Waals surface area contributed by atoms with Crippen LogP contribution in [0.25, 0.3) is 11.5 Å². The van der Waals surface area contributed by atoms with Crippen LogP contribution in [0, 0.1) is 6.92 Å². The van der Waals surface area contributed by atoms with Crippen LogP contribution in [0.15, 0.2) is 11.6 Å². The summed E-state index contributed by atoms with van der Waals surface area (Å²) in [4.78, 5) is 11.9. The number of thiazole rings is 1. The standard InChI is InChI=1S/C10H13N3S/c1-6(2)10-13-8(5-14-10)9-11-4-7(3)12-9/h4-6H,1-3H3,(H,11,12). The smallest absolute Gasteiger partial charge is 0.157 e. The topological polar surface area (TPSA) is 41.6 Å². The Labute approximate surface area is 87.2 Å². The van der Waals surface area contributed by atoms with Crippen molar-refractivity contribution in [3.63, 3.8) is 0 Å². The van der Waals surface area contributed by atoms with Gasteiger partial charge in [0.05, 0.1) is 5.01 Å². The van der Waals surface area contributed by atoms with E-state index in [1.54, 1.807) is 11.3 Å². The third kappa shape index (κ3) is 1.70. The third-order valence-corrected chi connectivity index (χ3v) is 3.11. The van der Waals surface area contributed by atoms with Gasteiger partial charge in [-0.2, -0.15) is 0 Å². The highest BCUT2D eigenvalue weighted by atomic mass is 32.1. The Morgan fingerprint density at radius 1 is 1.43 bits per heavy atom. The minimum Gasteiger partial charge on any atom is -0.341 e. The first-order chi connectivity index (χ1) is 6.66. The number of aromatic amines is 1. The fourth-order valence-electron chi connectivity index (χ4n) is 1.20. The van der Waals surface area contributed by atoms with Crippen molar-refractivity contribution in [1.82, 2.24) is 15.0 Å². The third-order valence-electron chi connectivity index (χ3n) is 1.96. The molecular weight excluding hydrogens is 194 g/mol. The first-order valence-corrected chi connectivity index (χ1v) is 5.52. The monoisotopic (exact) mass is 207 g/mol. The van der Waals surface area contributed by atoms with Gasteiger partial charge in [0.1, 0.15) is 5.69 Å². The summed E-state index contributed by atoms with van der Waals surface area (Å²) in [5.74, 6) is 1.36.